The molecule has 1 atom stereocenters. The van der Waals surface area contributed by atoms with E-state index in [-0.39, 0.29) is 24.5 Å². The number of likely N-dealkylation sites (tertiary alicyclic amines) is 1. The molecular weight excluding hydrogens is 302 g/mol. The summed E-state index contributed by atoms with van der Waals surface area (Å²) in [6, 6.07) is 12.2. The molecule has 1 amide bonds. The van der Waals surface area contributed by atoms with E-state index in [1.54, 1.807) is 17.1 Å². The van der Waals surface area contributed by atoms with Crippen LogP contribution in [0.5, 0.6) is 0 Å². The molecule has 3 rings (SSSR count). The molecule has 1 aliphatic heterocycles. The van der Waals surface area contributed by atoms with Crippen LogP contribution < -0.4 is 0 Å². The quantitative estimate of drug-likeness (QED) is 0.884. The van der Waals surface area contributed by atoms with Crippen molar-refractivity contribution < 1.29 is 9.90 Å². The first-order valence-corrected chi connectivity index (χ1v) is 8.61. The third kappa shape index (κ3) is 4.03. The number of aliphatic hydroxyl groups excluding tert-OH is 1. The number of aryl methyl sites for hydroxylation is 1. The lowest BCUT2D eigenvalue weighted by Crippen LogP contribution is -2.49. The highest BCUT2D eigenvalue weighted by molar-refractivity contribution is 5.76. The third-order valence-corrected chi connectivity index (χ3v) is 4.99. The van der Waals surface area contributed by atoms with Gasteiger partial charge in [0.05, 0.1) is 6.61 Å². The van der Waals surface area contributed by atoms with Crippen molar-refractivity contribution in [3.05, 3.63) is 54.4 Å². The Morgan fingerprint density at radius 2 is 2.08 bits per heavy atom. The van der Waals surface area contributed by atoms with E-state index >= 15 is 0 Å². The number of amides is 1. The minimum absolute atomic E-state index is 0.0796. The summed E-state index contributed by atoms with van der Waals surface area (Å²) in [6.45, 7) is 1.81. The maximum absolute atomic E-state index is 12.5. The number of hydrogen-bond donors (Lipinski definition) is 1. The monoisotopic (exact) mass is 327 g/mol. The Morgan fingerprint density at radius 1 is 1.25 bits per heavy atom. The number of aromatic nitrogens is 2. The molecule has 1 aliphatic rings. The molecule has 2 aromatic rings. The van der Waals surface area contributed by atoms with Crippen LogP contribution in [0, 0.1) is 5.41 Å². The SMILES string of the molecule is O=C(Cn1cccn1)N1CCCC(CO)(CCc2ccccc2)C1. The summed E-state index contributed by atoms with van der Waals surface area (Å²) >= 11 is 0. The fourth-order valence-electron chi connectivity index (χ4n) is 3.52. The molecule has 1 N–H and O–H groups in total. The highest BCUT2D eigenvalue weighted by atomic mass is 16.3. The van der Waals surface area contributed by atoms with Gasteiger partial charge < -0.3 is 10.0 Å². The van der Waals surface area contributed by atoms with Crippen molar-refractivity contribution in [2.45, 2.75) is 32.2 Å². The van der Waals surface area contributed by atoms with Crippen LogP contribution in [0.4, 0.5) is 0 Å². The van der Waals surface area contributed by atoms with Crippen molar-refractivity contribution >= 4 is 5.91 Å². The average molecular weight is 327 g/mol. The van der Waals surface area contributed by atoms with Gasteiger partial charge in [0.25, 0.3) is 0 Å². The standard InChI is InChI=1S/C19H25N3O2/c23-16-19(10-8-17-6-2-1-3-7-17)9-4-12-21(15-19)18(24)14-22-13-5-11-20-22/h1-3,5-7,11,13,23H,4,8-10,12,14-16H2. The summed E-state index contributed by atoms with van der Waals surface area (Å²) in [4.78, 5) is 14.4. The molecule has 0 saturated carbocycles. The number of carbonyl (C=O) groups is 1. The number of nitrogens with zero attached hydrogens (tertiary/aromatic N) is 3. The second-order valence-electron chi connectivity index (χ2n) is 6.77. The molecule has 0 bridgehead atoms. The Bertz CT molecular complexity index is 642. The predicted molar refractivity (Wildman–Crippen MR) is 92.3 cm³/mol. The molecule has 24 heavy (non-hydrogen) atoms. The Kier molecular flexibility index (Phi) is 5.30. The van der Waals surface area contributed by atoms with Gasteiger partial charge in [-0.1, -0.05) is 30.3 Å². The van der Waals surface area contributed by atoms with Crippen molar-refractivity contribution in [1.82, 2.24) is 14.7 Å². The topological polar surface area (TPSA) is 58.4 Å². The van der Waals surface area contributed by atoms with Crippen LogP contribution in [0.2, 0.25) is 0 Å². The summed E-state index contributed by atoms with van der Waals surface area (Å²) in [5.74, 6) is 0.0796. The molecule has 5 heteroatoms. The Hall–Kier alpha value is -2.14. The zero-order valence-corrected chi connectivity index (χ0v) is 14.0. The predicted octanol–water partition coefficient (Wildman–Crippen LogP) is 2.12. The van der Waals surface area contributed by atoms with E-state index in [9.17, 15) is 9.90 Å². The molecule has 1 aromatic carbocycles. The summed E-state index contributed by atoms with van der Waals surface area (Å²) in [6.07, 6.45) is 7.24. The van der Waals surface area contributed by atoms with Crippen LogP contribution in [-0.4, -0.2) is 45.4 Å². The third-order valence-electron chi connectivity index (χ3n) is 4.99. The number of rotatable bonds is 6. The van der Waals surface area contributed by atoms with Crippen molar-refractivity contribution in [1.29, 1.82) is 0 Å². The van der Waals surface area contributed by atoms with Crippen LogP contribution >= 0.6 is 0 Å². The lowest BCUT2D eigenvalue weighted by Gasteiger charge is -2.42. The molecule has 1 unspecified atom stereocenters. The fraction of sp³-hybridized carbons (Fsp3) is 0.474. The van der Waals surface area contributed by atoms with Crippen LogP contribution in [0.25, 0.3) is 0 Å². The average Bonchev–Trinajstić information content (AvgIpc) is 3.14. The molecule has 1 fully saturated rings. The second kappa shape index (κ2) is 7.62. The first kappa shape index (κ1) is 16.7. The van der Waals surface area contributed by atoms with E-state index in [0.717, 1.165) is 32.2 Å². The first-order valence-electron chi connectivity index (χ1n) is 8.61. The van der Waals surface area contributed by atoms with Crippen molar-refractivity contribution in [3.63, 3.8) is 0 Å². The largest absolute Gasteiger partial charge is 0.396 e. The number of hydrogen-bond acceptors (Lipinski definition) is 3. The molecule has 0 spiro atoms. The van der Waals surface area contributed by atoms with Crippen LogP contribution in [0.15, 0.2) is 48.8 Å². The van der Waals surface area contributed by atoms with Gasteiger partial charge in [-0.25, -0.2) is 0 Å². The molecule has 128 valence electrons. The molecule has 1 saturated heterocycles. The molecule has 1 aromatic heterocycles. The van der Waals surface area contributed by atoms with Gasteiger partial charge in [-0.05, 0) is 37.3 Å². The summed E-state index contributed by atoms with van der Waals surface area (Å²) in [5.41, 5.74) is 1.10. The normalized spacial score (nSPS) is 21.0. The number of aliphatic hydroxyl groups is 1. The van der Waals surface area contributed by atoms with E-state index in [1.165, 1.54) is 5.56 Å². The summed E-state index contributed by atoms with van der Waals surface area (Å²) in [7, 11) is 0. The Labute approximate surface area is 142 Å². The fourth-order valence-corrected chi connectivity index (χ4v) is 3.52. The highest BCUT2D eigenvalue weighted by Gasteiger charge is 2.36. The maximum atomic E-state index is 12.5. The zero-order chi connectivity index (χ0) is 16.8. The maximum Gasteiger partial charge on any atom is 0.244 e. The van der Waals surface area contributed by atoms with E-state index in [0.29, 0.717) is 6.54 Å². The Balaban J connectivity index is 1.62. The van der Waals surface area contributed by atoms with E-state index in [2.05, 4.69) is 17.2 Å². The van der Waals surface area contributed by atoms with Gasteiger partial charge in [-0.3, -0.25) is 9.48 Å². The van der Waals surface area contributed by atoms with Crippen molar-refractivity contribution in [2.75, 3.05) is 19.7 Å². The lowest BCUT2D eigenvalue weighted by molar-refractivity contribution is -0.136. The lowest BCUT2D eigenvalue weighted by atomic mass is 9.76. The molecule has 0 radical (unpaired) electrons. The van der Waals surface area contributed by atoms with Gasteiger partial charge in [-0.15, -0.1) is 0 Å². The number of benzene rings is 1. The van der Waals surface area contributed by atoms with Gasteiger partial charge in [0.15, 0.2) is 0 Å². The summed E-state index contributed by atoms with van der Waals surface area (Å²) in [5, 5.41) is 14.1. The Morgan fingerprint density at radius 3 is 2.79 bits per heavy atom. The highest BCUT2D eigenvalue weighted by Crippen LogP contribution is 2.34. The minimum atomic E-state index is -0.187. The zero-order valence-electron chi connectivity index (χ0n) is 14.0. The van der Waals surface area contributed by atoms with Crippen LogP contribution in [-0.2, 0) is 17.8 Å². The van der Waals surface area contributed by atoms with Gasteiger partial charge in [-0.2, -0.15) is 5.10 Å². The second-order valence-corrected chi connectivity index (χ2v) is 6.77. The molecule has 0 aliphatic carbocycles. The van der Waals surface area contributed by atoms with Crippen LogP contribution in [0.3, 0.4) is 0 Å². The number of carbonyl (C=O) groups excluding carboxylic acids is 1. The van der Waals surface area contributed by atoms with Crippen molar-refractivity contribution in [3.8, 4) is 0 Å². The van der Waals surface area contributed by atoms with E-state index < -0.39 is 0 Å². The van der Waals surface area contributed by atoms with Crippen LogP contribution in [0.1, 0.15) is 24.8 Å². The molecular formula is C19H25N3O2. The summed E-state index contributed by atoms with van der Waals surface area (Å²) < 4.78 is 1.65. The first-order chi connectivity index (χ1) is 11.7. The van der Waals surface area contributed by atoms with E-state index in [4.69, 9.17) is 0 Å². The van der Waals surface area contributed by atoms with E-state index in [1.807, 2.05) is 29.2 Å². The molecule has 2 heterocycles. The van der Waals surface area contributed by atoms with Gasteiger partial charge in [0.2, 0.25) is 5.91 Å². The molecule has 5 nitrogen and oxygen atoms in total. The van der Waals surface area contributed by atoms with Gasteiger partial charge in [0.1, 0.15) is 6.54 Å². The number of piperidine rings is 1. The van der Waals surface area contributed by atoms with Gasteiger partial charge in [0, 0.05) is 30.9 Å². The smallest absolute Gasteiger partial charge is 0.244 e. The minimum Gasteiger partial charge on any atom is -0.396 e. The van der Waals surface area contributed by atoms with Gasteiger partial charge >= 0.3 is 0 Å². The van der Waals surface area contributed by atoms with Crippen molar-refractivity contribution in [2.24, 2.45) is 5.41 Å².